The highest BCUT2D eigenvalue weighted by molar-refractivity contribution is 6.51. The lowest BCUT2D eigenvalue weighted by Crippen LogP contribution is -2.29. The molecule has 2 heterocycles. The van der Waals surface area contributed by atoms with E-state index >= 15 is 0 Å². The number of aryl methyl sites for hydroxylation is 1. The molecule has 40 heavy (non-hydrogen) atoms. The van der Waals surface area contributed by atoms with Gasteiger partial charge in [-0.1, -0.05) is 19.9 Å². The number of carbonyl (C=O) groups excluding carboxylic acids is 2. The van der Waals surface area contributed by atoms with E-state index in [0.717, 1.165) is 5.56 Å². The molecular formula is C31H31NO8. The minimum Gasteiger partial charge on any atom is -0.507 e. The fraction of sp³-hybridized carbons (Fsp3) is 0.290. The minimum absolute atomic E-state index is 0.0486. The molecular weight excluding hydrogens is 514 g/mol. The topological polar surface area (TPSA) is 115 Å². The van der Waals surface area contributed by atoms with Crippen LogP contribution in [-0.2, 0) is 9.59 Å². The van der Waals surface area contributed by atoms with E-state index in [1.165, 1.54) is 11.0 Å². The first-order valence-electron chi connectivity index (χ1n) is 13.1. The van der Waals surface area contributed by atoms with Crippen molar-refractivity contribution in [3.63, 3.8) is 0 Å². The Balaban J connectivity index is 1.65. The minimum atomic E-state index is -1.02. The number of ether oxygens (including phenoxy) is 4. The summed E-state index contributed by atoms with van der Waals surface area (Å²) in [5.74, 6) is 0.0955. The summed E-state index contributed by atoms with van der Waals surface area (Å²) < 4.78 is 22.3. The molecule has 2 aliphatic rings. The number of nitrogens with zero attached hydrogens (tertiary/aromatic N) is 1. The van der Waals surface area contributed by atoms with Gasteiger partial charge in [-0.25, -0.2) is 0 Å². The molecule has 9 heteroatoms. The molecule has 0 saturated carbocycles. The summed E-state index contributed by atoms with van der Waals surface area (Å²) in [6.45, 7) is 8.61. The van der Waals surface area contributed by atoms with E-state index in [2.05, 4.69) is 13.8 Å². The summed E-state index contributed by atoms with van der Waals surface area (Å²) >= 11 is 0. The molecule has 1 fully saturated rings. The van der Waals surface area contributed by atoms with Crippen LogP contribution >= 0.6 is 0 Å². The van der Waals surface area contributed by atoms with Crippen LogP contribution in [0.25, 0.3) is 5.76 Å². The molecule has 2 N–H and O–H groups in total. The number of phenols is 1. The fourth-order valence-electron chi connectivity index (χ4n) is 4.79. The predicted molar refractivity (Wildman–Crippen MR) is 148 cm³/mol. The van der Waals surface area contributed by atoms with E-state index in [0.29, 0.717) is 53.2 Å². The molecule has 5 rings (SSSR count). The van der Waals surface area contributed by atoms with Crippen LogP contribution in [0.3, 0.4) is 0 Å². The normalized spacial score (nSPS) is 17.5. The molecule has 2 aliphatic heterocycles. The third-order valence-electron chi connectivity index (χ3n) is 6.70. The summed E-state index contributed by atoms with van der Waals surface area (Å²) in [7, 11) is 0. The molecule has 0 aliphatic carbocycles. The first-order chi connectivity index (χ1) is 19.2. The van der Waals surface area contributed by atoms with Crippen LogP contribution in [0.4, 0.5) is 5.69 Å². The second kappa shape index (κ2) is 10.8. The molecule has 0 bridgehead atoms. The van der Waals surface area contributed by atoms with Crippen LogP contribution in [0, 0.1) is 12.8 Å². The van der Waals surface area contributed by atoms with Crippen molar-refractivity contribution >= 4 is 23.1 Å². The Bertz CT molecular complexity index is 1510. The smallest absolute Gasteiger partial charge is 0.300 e. The van der Waals surface area contributed by atoms with Crippen LogP contribution in [0.5, 0.6) is 28.7 Å². The quantitative estimate of drug-likeness (QED) is 0.217. The molecule has 3 aromatic carbocycles. The van der Waals surface area contributed by atoms with E-state index < -0.39 is 17.7 Å². The van der Waals surface area contributed by atoms with Gasteiger partial charge < -0.3 is 29.2 Å². The zero-order valence-corrected chi connectivity index (χ0v) is 22.8. The van der Waals surface area contributed by atoms with Crippen molar-refractivity contribution in [2.45, 2.75) is 33.7 Å². The third-order valence-corrected chi connectivity index (χ3v) is 6.70. The highest BCUT2D eigenvalue weighted by Gasteiger charge is 2.47. The Morgan fingerprint density at radius 2 is 1.77 bits per heavy atom. The molecule has 208 valence electrons. The number of Topliss-reactive ketones (excluding diaryl/α,β-unsaturated/α-hetero) is 1. The van der Waals surface area contributed by atoms with Gasteiger partial charge in [-0.3, -0.25) is 14.5 Å². The van der Waals surface area contributed by atoms with E-state index in [4.69, 9.17) is 18.9 Å². The van der Waals surface area contributed by atoms with E-state index in [-0.39, 0.29) is 29.6 Å². The number of hydrogen-bond donors (Lipinski definition) is 2. The van der Waals surface area contributed by atoms with Gasteiger partial charge in [0.2, 0.25) is 6.79 Å². The average molecular weight is 546 g/mol. The first-order valence-corrected chi connectivity index (χ1v) is 13.1. The molecule has 0 aromatic heterocycles. The Hall–Kier alpha value is -4.66. The molecule has 0 radical (unpaired) electrons. The van der Waals surface area contributed by atoms with Gasteiger partial charge in [0.05, 0.1) is 24.8 Å². The number of aliphatic hydroxyl groups is 1. The summed E-state index contributed by atoms with van der Waals surface area (Å²) in [6.07, 6.45) is 0. The number of benzene rings is 3. The lowest BCUT2D eigenvalue weighted by Gasteiger charge is -2.26. The zero-order valence-electron chi connectivity index (χ0n) is 22.8. The second-order valence-electron chi connectivity index (χ2n) is 10.1. The van der Waals surface area contributed by atoms with E-state index in [1.54, 1.807) is 55.5 Å². The molecule has 1 saturated heterocycles. The Kier molecular flexibility index (Phi) is 7.30. The van der Waals surface area contributed by atoms with Crippen LogP contribution in [0.1, 0.15) is 43.5 Å². The standard InChI is InChI=1S/C31H31NO8/c1-5-37-25-13-19(6-9-22(25)33)28-27(29(34)20-7-10-23(18(4)12-20)38-15-17(2)3)30(35)31(36)32(28)21-8-11-24-26(14-21)40-16-39-24/h6-14,17,28,33-34H,5,15-16H2,1-4H3/b29-27+. The second-order valence-corrected chi connectivity index (χ2v) is 10.1. The largest absolute Gasteiger partial charge is 0.507 e. The number of carbonyl (C=O) groups is 2. The number of aromatic hydroxyl groups is 1. The number of hydrogen-bond acceptors (Lipinski definition) is 8. The van der Waals surface area contributed by atoms with Crippen molar-refractivity contribution < 1.29 is 38.7 Å². The molecule has 0 spiro atoms. The zero-order chi connectivity index (χ0) is 28.6. The Labute approximate surface area is 232 Å². The number of phenolic OH excluding ortho intramolecular Hbond substituents is 1. The van der Waals surface area contributed by atoms with Crippen molar-refractivity contribution in [3.8, 4) is 28.7 Å². The summed E-state index contributed by atoms with van der Waals surface area (Å²) in [5, 5.41) is 21.8. The van der Waals surface area contributed by atoms with Gasteiger partial charge in [0.25, 0.3) is 11.7 Å². The van der Waals surface area contributed by atoms with Crippen molar-refractivity contribution in [2.75, 3.05) is 24.9 Å². The van der Waals surface area contributed by atoms with Crippen LogP contribution in [-0.4, -0.2) is 41.9 Å². The van der Waals surface area contributed by atoms with Crippen LogP contribution in [0.2, 0.25) is 0 Å². The van der Waals surface area contributed by atoms with Crippen molar-refractivity contribution in [1.29, 1.82) is 0 Å². The monoisotopic (exact) mass is 545 g/mol. The molecule has 9 nitrogen and oxygen atoms in total. The highest BCUT2D eigenvalue weighted by atomic mass is 16.7. The van der Waals surface area contributed by atoms with Gasteiger partial charge in [0.1, 0.15) is 11.5 Å². The van der Waals surface area contributed by atoms with Crippen LogP contribution in [0.15, 0.2) is 60.2 Å². The van der Waals surface area contributed by atoms with Gasteiger partial charge in [-0.05, 0) is 73.4 Å². The summed E-state index contributed by atoms with van der Waals surface area (Å²) in [6, 6.07) is 13.6. The van der Waals surface area contributed by atoms with Gasteiger partial charge in [0, 0.05) is 17.3 Å². The van der Waals surface area contributed by atoms with Crippen molar-refractivity contribution in [3.05, 3.63) is 76.9 Å². The number of fused-ring (bicyclic) bond motifs is 1. The van der Waals surface area contributed by atoms with Crippen molar-refractivity contribution in [1.82, 2.24) is 0 Å². The predicted octanol–water partition coefficient (Wildman–Crippen LogP) is 5.49. The number of aliphatic hydroxyl groups excluding tert-OH is 1. The number of amides is 1. The third kappa shape index (κ3) is 4.90. The van der Waals surface area contributed by atoms with Gasteiger partial charge >= 0.3 is 0 Å². The lowest BCUT2D eigenvalue weighted by atomic mass is 9.94. The van der Waals surface area contributed by atoms with Gasteiger partial charge in [0.15, 0.2) is 23.0 Å². The Morgan fingerprint density at radius 1 is 1.00 bits per heavy atom. The summed E-state index contributed by atoms with van der Waals surface area (Å²) in [4.78, 5) is 28.4. The van der Waals surface area contributed by atoms with Crippen molar-refractivity contribution in [2.24, 2.45) is 5.92 Å². The maximum atomic E-state index is 13.6. The lowest BCUT2D eigenvalue weighted by molar-refractivity contribution is -0.132. The molecule has 3 aromatic rings. The van der Waals surface area contributed by atoms with Gasteiger partial charge in [-0.15, -0.1) is 0 Å². The summed E-state index contributed by atoms with van der Waals surface area (Å²) in [5.41, 5.74) is 1.90. The Morgan fingerprint density at radius 3 is 2.50 bits per heavy atom. The SMILES string of the molecule is CCOc1cc(C2/C(=C(\O)c3ccc(OCC(C)C)c(C)c3)C(=O)C(=O)N2c2ccc3c(c2)OCO3)ccc1O. The number of ketones is 1. The number of rotatable bonds is 8. The van der Waals surface area contributed by atoms with E-state index in [1.807, 2.05) is 6.92 Å². The first kappa shape index (κ1) is 26.9. The maximum absolute atomic E-state index is 13.6. The van der Waals surface area contributed by atoms with E-state index in [9.17, 15) is 19.8 Å². The number of anilines is 1. The average Bonchev–Trinajstić information content (AvgIpc) is 3.50. The highest BCUT2D eigenvalue weighted by Crippen LogP contribution is 2.46. The maximum Gasteiger partial charge on any atom is 0.300 e. The molecule has 1 unspecified atom stereocenters. The van der Waals surface area contributed by atoms with Crippen LogP contribution < -0.4 is 23.8 Å². The molecule has 1 atom stereocenters. The molecule has 1 amide bonds. The van der Waals surface area contributed by atoms with Gasteiger partial charge in [-0.2, -0.15) is 0 Å². The fourth-order valence-corrected chi connectivity index (χ4v) is 4.79.